The lowest BCUT2D eigenvalue weighted by atomic mass is 10.1. The van der Waals surface area contributed by atoms with Crippen molar-refractivity contribution in [1.82, 2.24) is 20.3 Å². The summed E-state index contributed by atoms with van der Waals surface area (Å²) in [4.78, 5) is 12.4. The van der Waals surface area contributed by atoms with Gasteiger partial charge in [0.2, 0.25) is 0 Å². The van der Waals surface area contributed by atoms with Crippen molar-refractivity contribution in [3.63, 3.8) is 0 Å². The zero-order chi connectivity index (χ0) is 17.3. The van der Waals surface area contributed by atoms with E-state index < -0.39 is 0 Å². The molecule has 1 amide bonds. The molecule has 0 fully saturated rings. The molecule has 0 aliphatic carbocycles. The van der Waals surface area contributed by atoms with Crippen molar-refractivity contribution in [2.45, 2.75) is 33.7 Å². The molecule has 1 atom stereocenters. The average molecular weight is 324 g/mol. The van der Waals surface area contributed by atoms with Crippen molar-refractivity contribution in [2.75, 3.05) is 0 Å². The second kappa shape index (κ2) is 6.31. The van der Waals surface area contributed by atoms with E-state index in [1.54, 1.807) is 10.9 Å². The molecule has 1 unspecified atom stereocenters. The first-order chi connectivity index (χ1) is 11.4. The van der Waals surface area contributed by atoms with Crippen molar-refractivity contribution >= 4 is 5.91 Å². The summed E-state index contributed by atoms with van der Waals surface area (Å²) in [7, 11) is 0. The maximum atomic E-state index is 12.4. The predicted molar refractivity (Wildman–Crippen MR) is 90.2 cm³/mol. The number of nitrogens with one attached hydrogen (secondary N) is 1. The molecule has 0 bridgehead atoms. The lowest BCUT2D eigenvalue weighted by Gasteiger charge is -2.11. The Morgan fingerprint density at radius 3 is 2.54 bits per heavy atom. The van der Waals surface area contributed by atoms with Crippen molar-refractivity contribution < 1.29 is 9.21 Å². The van der Waals surface area contributed by atoms with E-state index in [4.69, 9.17) is 4.42 Å². The van der Waals surface area contributed by atoms with Crippen LogP contribution in [-0.2, 0) is 0 Å². The van der Waals surface area contributed by atoms with Crippen LogP contribution in [0.5, 0.6) is 0 Å². The smallest absolute Gasteiger partial charge is 0.273 e. The third-order valence-electron chi connectivity index (χ3n) is 3.92. The van der Waals surface area contributed by atoms with E-state index in [1.807, 2.05) is 58.0 Å². The molecule has 2 heterocycles. The summed E-state index contributed by atoms with van der Waals surface area (Å²) in [6.07, 6.45) is 1.63. The first kappa shape index (κ1) is 16.0. The number of carbonyl (C=O) groups is 1. The number of aromatic nitrogens is 3. The molecule has 24 heavy (non-hydrogen) atoms. The van der Waals surface area contributed by atoms with E-state index in [1.165, 1.54) is 0 Å². The summed E-state index contributed by atoms with van der Waals surface area (Å²) in [6.45, 7) is 7.71. The Hall–Kier alpha value is -2.89. The third kappa shape index (κ3) is 3.22. The number of nitrogens with zero attached hydrogens (tertiary/aromatic N) is 3. The Morgan fingerprint density at radius 1 is 1.21 bits per heavy atom. The molecule has 6 nitrogen and oxygen atoms in total. The van der Waals surface area contributed by atoms with Crippen LogP contribution in [0.3, 0.4) is 0 Å². The van der Waals surface area contributed by atoms with Crippen LogP contribution < -0.4 is 5.32 Å². The monoisotopic (exact) mass is 324 g/mol. The van der Waals surface area contributed by atoms with Gasteiger partial charge in [-0.15, -0.1) is 5.10 Å². The summed E-state index contributed by atoms with van der Waals surface area (Å²) in [5.41, 5.74) is 3.27. The zero-order valence-electron chi connectivity index (χ0n) is 14.2. The van der Waals surface area contributed by atoms with Crippen molar-refractivity contribution in [2.24, 2.45) is 0 Å². The standard InChI is InChI=1S/C18H20N4O2/c1-11-5-7-15(8-6-11)22-10-17(20-21-22)18(23)19-13(3)16-9-12(2)24-14(16)4/h5-10,13H,1-4H3,(H,19,23). The molecule has 0 radical (unpaired) electrons. The number of amides is 1. The molecule has 1 N–H and O–H groups in total. The Morgan fingerprint density at radius 2 is 1.92 bits per heavy atom. The quantitative estimate of drug-likeness (QED) is 0.799. The van der Waals surface area contributed by atoms with Crippen LogP contribution in [0.1, 0.15) is 46.1 Å². The summed E-state index contributed by atoms with van der Waals surface area (Å²) in [6, 6.07) is 9.62. The molecule has 2 aromatic heterocycles. The van der Waals surface area contributed by atoms with E-state index in [2.05, 4.69) is 15.6 Å². The van der Waals surface area contributed by atoms with Crippen LogP contribution in [0.4, 0.5) is 0 Å². The van der Waals surface area contributed by atoms with Gasteiger partial charge in [0.15, 0.2) is 5.69 Å². The molecule has 0 aliphatic rings. The third-order valence-corrected chi connectivity index (χ3v) is 3.92. The topological polar surface area (TPSA) is 73.0 Å². The fourth-order valence-electron chi connectivity index (χ4n) is 2.62. The summed E-state index contributed by atoms with van der Waals surface area (Å²) < 4.78 is 7.10. The predicted octanol–water partition coefficient (Wildman–Crippen LogP) is 3.28. The van der Waals surface area contributed by atoms with E-state index in [0.717, 1.165) is 28.3 Å². The maximum absolute atomic E-state index is 12.4. The van der Waals surface area contributed by atoms with E-state index >= 15 is 0 Å². The van der Waals surface area contributed by atoms with Gasteiger partial charge in [0.25, 0.3) is 5.91 Å². The van der Waals surface area contributed by atoms with Gasteiger partial charge >= 0.3 is 0 Å². The number of hydrogen-bond acceptors (Lipinski definition) is 4. The van der Waals surface area contributed by atoms with Crippen molar-refractivity contribution in [1.29, 1.82) is 0 Å². The number of carbonyl (C=O) groups excluding carboxylic acids is 1. The second-order valence-electron chi connectivity index (χ2n) is 5.95. The molecule has 0 saturated heterocycles. The van der Waals surface area contributed by atoms with Gasteiger partial charge in [-0.3, -0.25) is 4.79 Å². The minimum atomic E-state index is -0.265. The Labute approximate surface area is 140 Å². The fraction of sp³-hybridized carbons (Fsp3) is 0.278. The van der Waals surface area contributed by atoms with Gasteiger partial charge in [-0.05, 0) is 45.9 Å². The molecular formula is C18H20N4O2. The molecule has 6 heteroatoms. The SMILES string of the molecule is Cc1ccc(-n2cc(C(=O)NC(C)c3cc(C)oc3C)nn2)cc1. The molecule has 1 aromatic carbocycles. The minimum Gasteiger partial charge on any atom is -0.466 e. The number of hydrogen-bond donors (Lipinski definition) is 1. The lowest BCUT2D eigenvalue weighted by Crippen LogP contribution is -2.27. The van der Waals surface area contributed by atoms with Gasteiger partial charge < -0.3 is 9.73 Å². The fourth-order valence-corrected chi connectivity index (χ4v) is 2.62. The summed E-state index contributed by atoms with van der Waals surface area (Å²) in [5, 5.41) is 10.9. The molecular weight excluding hydrogens is 304 g/mol. The van der Waals surface area contributed by atoms with Gasteiger partial charge in [0.1, 0.15) is 11.5 Å². The first-order valence-electron chi connectivity index (χ1n) is 7.81. The second-order valence-corrected chi connectivity index (χ2v) is 5.95. The molecule has 0 spiro atoms. The first-order valence-corrected chi connectivity index (χ1v) is 7.81. The van der Waals surface area contributed by atoms with Gasteiger partial charge in [0, 0.05) is 5.56 Å². The van der Waals surface area contributed by atoms with Crippen LogP contribution in [0.15, 0.2) is 40.9 Å². The maximum Gasteiger partial charge on any atom is 0.273 e. The highest BCUT2D eigenvalue weighted by Gasteiger charge is 2.18. The van der Waals surface area contributed by atoms with Crippen molar-refractivity contribution in [3.8, 4) is 5.69 Å². The van der Waals surface area contributed by atoms with Gasteiger partial charge in [0.05, 0.1) is 17.9 Å². The van der Waals surface area contributed by atoms with Gasteiger partial charge in [-0.2, -0.15) is 0 Å². The highest BCUT2D eigenvalue weighted by Crippen LogP contribution is 2.21. The summed E-state index contributed by atoms with van der Waals surface area (Å²) in [5.74, 6) is 1.37. The Kier molecular flexibility index (Phi) is 4.20. The van der Waals surface area contributed by atoms with Gasteiger partial charge in [-0.1, -0.05) is 22.9 Å². The highest BCUT2D eigenvalue weighted by atomic mass is 16.3. The Balaban J connectivity index is 1.74. The lowest BCUT2D eigenvalue weighted by molar-refractivity contribution is 0.0934. The van der Waals surface area contributed by atoms with Gasteiger partial charge in [-0.25, -0.2) is 4.68 Å². The van der Waals surface area contributed by atoms with Crippen LogP contribution in [0.2, 0.25) is 0 Å². The van der Waals surface area contributed by atoms with E-state index in [0.29, 0.717) is 0 Å². The van der Waals surface area contributed by atoms with Crippen LogP contribution in [0, 0.1) is 20.8 Å². The largest absolute Gasteiger partial charge is 0.466 e. The minimum absolute atomic E-state index is 0.167. The summed E-state index contributed by atoms with van der Waals surface area (Å²) >= 11 is 0. The van der Waals surface area contributed by atoms with Crippen LogP contribution >= 0.6 is 0 Å². The number of furan rings is 1. The molecule has 3 rings (SSSR count). The number of aryl methyl sites for hydroxylation is 3. The van der Waals surface area contributed by atoms with E-state index in [9.17, 15) is 4.79 Å². The zero-order valence-corrected chi connectivity index (χ0v) is 14.2. The number of benzene rings is 1. The van der Waals surface area contributed by atoms with Crippen LogP contribution in [-0.4, -0.2) is 20.9 Å². The normalized spacial score (nSPS) is 12.2. The highest BCUT2D eigenvalue weighted by molar-refractivity contribution is 5.92. The Bertz CT molecular complexity index is 862. The van der Waals surface area contributed by atoms with Crippen LogP contribution in [0.25, 0.3) is 5.69 Å². The molecule has 0 saturated carbocycles. The average Bonchev–Trinajstić information content (AvgIpc) is 3.14. The molecule has 124 valence electrons. The molecule has 3 aromatic rings. The van der Waals surface area contributed by atoms with E-state index in [-0.39, 0.29) is 17.6 Å². The molecule has 0 aliphatic heterocycles. The van der Waals surface area contributed by atoms with Crippen molar-refractivity contribution in [3.05, 3.63) is 64.9 Å². The number of rotatable bonds is 4.